The number of aryl methyl sites for hydroxylation is 4. The number of rotatable bonds is 17. The summed E-state index contributed by atoms with van der Waals surface area (Å²) >= 11 is 11.7. The number of amidine groups is 1. The molecule has 0 unspecified atom stereocenters. The maximum atomic E-state index is 13.2. The Morgan fingerprint density at radius 1 is 0.769 bits per heavy atom. The fraction of sp³-hybridized carbons (Fsp3) is 0.344. The van der Waals surface area contributed by atoms with Crippen molar-refractivity contribution >= 4 is 75.4 Å². The number of hydrogen-bond acceptors (Lipinski definition) is 8. The SMILES string of the molecule is Cn1cc(NC(=O)c2cc(NC(=O)c3cc(NC(=O)CCn4cc(N(CCCl)CCCl)c(=O)[nH]c4=O)cn3C)cn2C)cc1C(=O)NCCC(=N)N. The molecule has 4 aromatic heterocycles. The number of aromatic amines is 1. The molecule has 0 spiro atoms. The van der Waals surface area contributed by atoms with Gasteiger partial charge in [-0.1, -0.05) is 0 Å². The first-order chi connectivity index (χ1) is 24.7. The Labute approximate surface area is 307 Å². The topological polar surface area (TPSA) is 239 Å². The molecule has 4 rings (SSSR count). The highest BCUT2D eigenvalue weighted by Gasteiger charge is 2.19. The molecule has 0 radical (unpaired) electrons. The molecule has 0 aromatic carbocycles. The van der Waals surface area contributed by atoms with Crippen LogP contribution in [0.4, 0.5) is 22.7 Å². The van der Waals surface area contributed by atoms with Gasteiger partial charge in [0.25, 0.3) is 23.3 Å². The summed E-state index contributed by atoms with van der Waals surface area (Å²) in [6.45, 7) is 0.846. The average Bonchev–Trinajstić information content (AvgIpc) is 3.75. The Morgan fingerprint density at radius 3 is 1.73 bits per heavy atom. The van der Waals surface area contributed by atoms with E-state index in [-0.39, 0.29) is 66.5 Å². The van der Waals surface area contributed by atoms with Gasteiger partial charge in [-0.25, -0.2) is 4.79 Å². The minimum Gasteiger partial charge on any atom is -0.388 e. The molecule has 0 saturated carbocycles. The highest BCUT2D eigenvalue weighted by atomic mass is 35.5. The smallest absolute Gasteiger partial charge is 0.328 e. The zero-order valence-corrected chi connectivity index (χ0v) is 30.2. The molecule has 0 aliphatic heterocycles. The van der Waals surface area contributed by atoms with Gasteiger partial charge in [0.1, 0.15) is 22.8 Å². The van der Waals surface area contributed by atoms with E-state index in [0.29, 0.717) is 35.8 Å². The number of H-pyrrole nitrogens is 1. The molecule has 4 heterocycles. The van der Waals surface area contributed by atoms with Gasteiger partial charge >= 0.3 is 5.69 Å². The number of nitrogens with two attached hydrogens (primary N) is 1. The lowest BCUT2D eigenvalue weighted by molar-refractivity contribution is -0.116. The highest BCUT2D eigenvalue weighted by molar-refractivity contribution is 6.18. The van der Waals surface area contributed by atoms with E-state index in [0.717, 1.165) is 0 Å². The molecule has 0 aliphatic rings. The van der Waals surface area contributed by atoms with Gasteiger partial charge in [0.2, 0.25) is 5.91 Å². The molecular weight excluding hydrogens is 719 g/mol. The van der Waals surface area contributed by atoms with Crippen LogP contribution < -0.4 is 43.1 Å². The highest BCUT2D eigenvalue weighted by Crippen LogP contribution is 2.20. The normalized spacial score (nSPS) is 10.9. The fourth-order valence-electron chi connectivity index (χ4n) is 5.26. The number of halogens is 2. The van der Waals surface area contributed by atoms with Crippen LogP contribution in [-0.2, 0) is 32.5 Å². The molecule has 0 atom stereocenters. The summed E-state index contributed by atoms with van der Waals surface area (Å²) in [5, 5.41) is 18.1. The van der Waals surface area contributed by atoms with Crippen LogP contribution in [-0.4, -0.2) is 84.1 Å². The van der Waals surface area contributed by atoms with Crippen LogP contribution in [0.1, 0.15) is 44.3 Å². The molecule has 0 bridgehead atoms. The second kappa shape index (κ2) is 17.5. The summed E-state index contributed by atoms with van der Waals surface area (Å²) in [6.07, 6.45) is 6.17. The lowest BCUT2D eigenvalue weighted by Gasteiger charge is -2.22. The molecule has 4 amide bonds. The van der Waals surface area contributed by atoms with Gasteiger partial charge in [-0.3, -0.25) is 38.9 Å². The third-order valence-corrected chi connectivity index (χ3v) is 8.15. The van der Waals surface area contributed by atoms with Crippen LogP contribution in [0.25, 0.3) is 0 Å². The summed E-state index contributed by atoms with van der Waals surface area (Å²) in [4.78, 5) is 80.3. The first-order valence-electron chi connectivity index (χ1n) is 15.9. The largest absolute Gasteiger partial charge is 0.388 e. The summed E-state index contributed by atoms with van der Waals surface area (Å²) in [5.41, 5.74) is 6.07. The molecule has 278 valence electrons. The summed E-state index contributed by atoms with van der Waals surface area (Å²) in [5.74, 6) is -1.37. The molecule has 0 fully saturated rings. The van der Waals surface area contributed by atoms with Crippen LogP contribution >= 0.6 is 23.2 Å². The predicted octanol–water partition coefficient (Wildman–Crippen LogP) is 1.43. The number of amides is 4. The van der Waals surface area contributed by atoms with Crippen LogP contribution in [0, 0.1) is 5.41 Å². The zero-order chi connectivity index (χ0) is 38.1. The summed E-state index contributed by atoms with van der Waals surface area (Å²) < 4.78 is 5.83. The van der Waals surface area contributed by atoms with Crippen molar-refractivity contribution in [2.24, 2.45) is 26.9 Å². The summed E-state index contributed by atoms with van der Waals surface area (Å²) in [6, 6.07) is 4.48. The third-order valence-electron chi connectivity index (χ3n) is 7.81. The van der Waals surface area contributed by atoms with Crippen molar-refractivity contribution in [2.45, 2.75) is 19.4 Å². The first kappa shape index (κ1) is 39.0. The van der Waals surface area contributed by atoms with E-state index < -0.39 is 29.0 Å². The van der Waals surface area contributed by atoms with Crippen molar-refractivity contribution < 1.29 is 19.2 Å². The molecule has 52 heavy (non-hydrogen) atoms. The minimum atomic E-state index is -0.671. The Kier molecular flexibility index (Phi) is 13.1. The lowest BCUT2D eigenvalue weighted by atomic mass is 10.3. The van der Waals surface area contributed by atoms with E-state index in [1.807, 2.05) is 0 Å². The van der Waals surface area contributed by atoms with Crippen molar-refractivity contribution in [1.82, 2.24) is 28.6 Å². The number of nitrogens with one attached hydrogen (secondary N) is 6. The van der Waals surface area contributed by atoms with Gasteiger partial charge in [0.15, 0.2) is 0 Å². The Bertz CT molecular complexity index is 2090. The van der Waals surface area contributed by atoms with Crippen LogP contribution in [0.2, 0.25) is 0 Å². The molecule has 8 N–H and O–H groups in total. The van der Waals surface area contributed by atoms with Crippen molar-refractivity contribution in [1.29, 1.82) is 5.41 Å². The second-order valence-electron chi connectivity index (χ2n) is 11.7. The van der Waals surface area contributed by atoms with Crippen LogP contribution in [0.3, 0.4) is 0 Å². The average molecular weight is 760 g/mol. The van der Waals surface area contributed by atoms with Gasteiger partial charge in [-0.05, 0) is 18.2 Å². The van der Waals surface area contributed by atoms with Gasteiger partial charge in [-0.2, -0.15) is 0 Å². The molecule has 0 saturated heterocycles. The van der Waals surface area contributed by atoms with Crippen molar-refractivity contribution in [2.75, 3.05) is 52.2 Å². The fourth-order valence-corrected chi connectivity index (χ4v) is 5.67. The number of aromatic nitrogens is 5. The van der Waals surface area contributed by atoms with E-state index in [9.17, 15) is 28.8 Å². The van der Waals surface area contributed by atoms with Gasteiger partial charge in [0.05, 0.1) is 22.9 Å². The quantitative estimate of drug-likeness (QED) is 0.0471. The van der Waals surface area contributed by atoms with Crippen molar-refractivity contribution in [3.63, 3.8) is 0 Å². The number of alkyl halides is 2. The van der Waals surface area contributed by atoms with Crippen molar-refractivity contribution in [3.8, 4) is 0 Å². The molecule has 4 aromatic rings. The maximum absolute atomic E-state index is 13.2. The van der Waals surface area contributed by atoms with Crippen molar-refractivity contribution in [3.05, 3.63) is 80.9 Å². The Balaban J connectivity index is 1.35. The van der Waals surface area contributed by atoms with E-state index in [2.05, 4.69) is 26.3 Å². The minimum absolute atomic E-state index is 0.0306. The third kappa shape index (κ3) is 9.94. The van der Waals surface area contributed by atoms with E-state index in [4.69, 9.17) is 34.3 Å². The predicted molar refractivity (Wildman–Crippen MR) is 199 cm³/mol. The molecular formula is C32H40Cl2N12O6. The number of hydrogen-bond donors (Lipinski definition) is 7. The molecule has 18 nitrogen and oxygen atoms in total. The Hall–Kier alpha value is -5.75. The lowest BCUT2D eigenvalue weighted by Crippen LogP contribution is -2.38. The Morgan fingerprint density at radius 2 is 1.25 bits per heavy atom. The monoisotopic (exact) mass is 758 g/mol. The van der Waals surface area contributed by atoms with Gasteiger partial charge < -0.3 is 45.6 Å². The second-order valence-corrected chi connectivity index (χ2v) is 12.5. The van der Waals surface area contributed by atoms with Gasteiger partial charge in [-0.15, -0.1) is 23.2 Å². The standard InChI is InChI=1S/C32H40Cl2N12O6/c1-42-16-20(13-22(42)28(48)37-8-4-26(35)36)39-30(50)24-14-21(17-44(24)3)40-29(49)23-12-19(15-43(23)2)38-27(47)5-9-46-18-25(31(51)41-32(46)52)45(10-6-33)11-7-34/h12-18H,4-11H2,1-3H3,(H3,35,36)(H,37,48)(H,38,47)(H,39,50)(H,40,49)(H,41,51,52). The van der Waals surface area contributed by atoms with E-state index in [1.54, 1.807) is 49.2 Å². The van der Waals surface area contributed by atoms with E-state index >= 15 is 0 Å². The molecule has 20 heteroatoms. The van der Waals surface area contributed by atoms with Crippen LogP contribution in [0.15, 0.2) is 52.6 Å². The summed E-state index contributed by atoms with van der Waals surface area (Å²) in [7, 11) is 4.92. The number of nitrogens with zero attached hydrogens (tertiary/aromatic N) is 5. The first-order valence-corrected chi connectivity index (χ1v) is 17.0. The number of anilines is 4. The molecule has 0 aliphatic carbocycles. The van der Waals surface area contributed by atoms with E-state index in [1.165, 1.54) is 38.1 Å². The zero-order valence-electron chi connectivity index (χ0n) is 28.7. The maximum Gasteiger partial charge on any atom is 0.328 e. The number of carbonyl (C=O) groups is 4. The van der Waals surface area contributed by atoms with Gasteiger partial charge in [0, 0.05) is 96.7 Å². The number of carbonyl (C=O) groups excluding carboxylic acids is 4. The van der Waals surface area contributed by atoms with Crippen LogP contribution in [0.5, 0.6) is 0 Å².